The van der Waals surface area contributed by atoms with Crippen molar-refractivity contribution >= 4 is 17.4 Å². The highest BCUT2D eigenvalue weighted by Gasteiger charge is 2.11. The third-order valence-electron chi connectivity index (χ3n) is 1.84. The molecule has 0 aliphatic carbocycles. The maximum Gasteiger partial charge on any atom is 0.177 e. The quantitative estimate of drug-likeness (QED) is 0.557. The Bertz CT molecular complexity index is 400. The summed E-state index contributed by atoms with van der Waals surface area (Å²) in [5, 5.41) is 8.58. The average Bonchev–Trinajstić information content (AvgIpc) is 2.16. The van der Waals surface area contributed by atoms with Gasteiger partial charge in [0.25, 0.3) is 0 Å². The van der Waals surface area contributed by atoms with Gasteiger partial charge in [0.15, 0.2) is 5.78 Å². The number of rotatable bonds is 2. The Morgan fingerprint density at radius 3 is 2.71 bits per heavy atom. The van der Waals surface area contributed by atoms with Gasteiger partial charge < -0.3 is 0 Å². The number of Topliss-reactive ketones (excluding diaryl/α,β-unsaturated/α-hetero) is 1. The molecule has 0 spiro atoms. The molecule has 0 atom stereocenters. The number of hydrogen-bond donors (Lipinski definition) is 0. The normalized spacial score (nSPS) is 9.57. The summed E-state index contributed by atoms with van der Waals surface area (Å²) in [7, 11) is 0. The van der Waals surface area contributed by atoms with E-state index in [0.29, 0.717) is 5.56 Å². The van der Waals surface area contributed by atoms with Gasteiger partial charge in [0.05, 0.1) is 11.4 Å². The number of nitriles is 1. The van der Waals surface area contributed by atoms with Crippen LogP contribution in [0, 0.1) is 24.1 Å². The molecule has 0 aliphatic heterocycles. The molecule has 0 saturated carbocycles. The maximum atomic E-state index is 13.2. The summed E-state index contributed by atoms with van der Waals surface area (Å²) < 4.78 is 13.2. The zero-order chi connectivity index (χ0) is 10.7. The molecule has 0 N–H and O–H groups in total. The van der Waals surface area contributed by atoms with Crippen molar-refractivity contribution in [1.29, 1.82) is 5.26 Å². The first kappa shape index (κ1) is 10.7. The van der Waals surface area contributed by atoms with Crippen molar-refractivity contribution in [2.45, 2.75) is 6.92 Å². The van der Waals surface area contributed by atoms with Crippen molar-refractivity contribution in [3.05, 3.63) is 34.6 Å². The molecule has 0 unspecified atom stereocenters. The van der Waals surface area contributed by atoms with E-state index in [2.05, 4.69) is 0 Å². The van der Waals surface area contributed by atoms with E-state index in [1.807, 2.05) is 0 Å². The van der Waals surface area contributed by atoms with Crippen molar-refractivity contribution in [1.82, 2.24) is 0 Å². The van der Waals surface area contributed by atoms with Crippen LogP contribution in [0.25, 0.3) is 0 Å². The predicted molar refractivity (Wildman–Crippen MR) is 50.9 cm³/mol. The second kappa shape index (κ2) is 4.21. The molecule has 14 heavy (non-hydrogen) atoms. The van der Waals surface area contributed by atoms with Crippen molar-refractivity contribution in [3.8, 4) is 6.07 Å². The van der Waals surface area contributed by atoms with Gasteiger partial charge in [0.2, 0.25) is 0 Å². The third-order valence-corrected chi connectivity index (χ3v) is 2.09. The molecule has 1 rings (SSSR count). The standard InChI is InChI=1S/C10H7ClFNO/c1-6-2-7(10(14)4-11)3-9(12)8(6)5-13/h2-3H,4H2,1H3. The lowest BCUT2D eigenvalue weighted by atomic mass is 10.0. The largest absolute Gasteiger partial charge is 0.293 e. The minimum absolute atomic E-state index is 0.0314. The monoisotopic (exact) mass is 211 g/mol. The predicted octanol–water partition coefficient (Wildman–Crippen LogP) is 2.43. The van der Waals surface area contributed by atoms with E-state index in [4.69, 9.17) is 16.9 Å². The van der Waals surface area contributed by atoms with E-state index in [-0.39, 0.29) is 22.8 Å². The molecule has 0 amide bonds. The first-order chi connectivity index (χ1) is 6.60. The SMILES string of the molecule is Cc1cc(C(=O)CCl)cc(F)c1C#N. The second-order valence-electron chi connectivity index (χ2n) is 2.82. The molecular weight excluding hydrogens is 205 g/mol. The van der Waals surface area contributed by atoms with Gasteiger partial charge in [0.1, 0.15) is 11.9 Å². The highest BCUT2D eigenvalue weighted by molar-refractivity contribution is 6.30. The number of carbonyl (C=O) groups is 1. The van der Waals surface area contributed by atoms with Crippen LogP contribution in [0.2, 0.25) is 0 Å². The lowest BCUT2D eigenvalue weighted by Crippen LogP contribution is -2.03. The number of alkyl halides is 1. The molecule has 4 heteroatoms. The van der Waals surface area contributed by atoms with Crippen LogP contribution < -0.4 is 0 Å². The Balaban J connectivity index is 3.29. The second-order valence-corrected chi connectivity index (χ2v) is 3.09. The summed E-state index contributed by atoms with van der Waals surface area (Å²) >= 11 is 5.33. The molecule has 0 saturated heterocycles. The van der Waals surface area contributed by atoms with Crippen molar-refractivity contribution in [2.24, 2.45) is 0 Å². The molecule has 1 aromatic rings. The Kier molecular flexibility index (Phi) is 3.21. The van der Waals surface area contributed by atoms with Crippen LogP contribution in [-0.2, 0) is 0 Å². The molecule has 72 valence electrons. The number of hydrogen-bond acceptors (Lipinski definition) is 2. The van der Waals surface area contributed by atoms with Gasteiger partial charge in [-0.25, -0.2) is 4.39 Å². The highest BCUT2D eigenvalue weighted by atomic mass is 35.5. The van der Waals surface area contributed by atoms with Gasteiger partial charge in [-0.15, -0.1) is 11.6 Å². The molecule has 0 aromatic heterocycles. The maximum absolute atomic E-state index is 13.2. The number of halogens is 2. The van der Waals surface area contributed by atoms with E-state index < -0.39 is 5.82 Å². The van der Waals surface area contributed by atoms with Gasteiger partial charge in [-0.3, -0.25) is 4.79 Å². The summed E-state index contributed by atoms with van der Waals surface area (Å²) in [6.45, 7) is 1.58. The summed E-state index contributed by atoms with van der Waals surface area (Å²) in [4.78, 5) is 11.1. The number of benzene rings is 1. The van der Waals surface area contributed by atoms with Gasteiger partial charge in [-0.1, -0.05) is 0 Å². The van der Waals surface area contributed by atoms with Crippen molar-refractivity contribution in [3.63, 3.8) is 0 Å². The van der Waals surface area contributed by atoms with E-state index in [9.17, 15) is 9.18 Å². The van der Waals surface area contributed by atoms with Crippen molar-refractivity contribution < 1.29 is 9.18 Å². The number of ketones is 1. The van der Waals surface area contributed by atoms with Crippen LogP contribution in [-0.4, -0.2) is 11.7 Å². The number of nitrogens with zero attached hydrogens (tertiary/aromatic N) is 1. The summed E-state index contributed by atoms with van der Waals surface area (Å²) in [5.41, 5.74) is 0.617. The zero-order valence-corrected chi connectivity index (χ0v) is 8.23. The summed E-state index contributed by atoms with van der Waals surface area (Å²) in [6.07, 6.45) is 0. The van der Waals surface area contributed by atoms with Crippen molar-refractivity contribution in [2.75, 3.05) is 5.88 Å². The molecule has 0 aliphatic rings. The van der Waals surface area contributed by atoms with Crippen LogP contribution in [0.3, 0.4) is 0 Å². The molecule has 0 fully saturated rings. The molecule has 2 nitrogen and oxygen atoms in total. The lowest BCUT2D eigenvalue weighted by molar-refractivity contribution is 0.102. The van der Waals surface area contributed by atoms with E-state index in [0.717, 1.165) is 6.07 Å². The van der Waals surface area contributed by atoms with Gasteiger partial charge in [0, 0.05) is 5.56 Å². The van der Waals surface area contributed by atoms with Gasteiger partial charge >= 0.3 is 0 Å². The molecule has 0 radical (unpaired) electrons. The average molecular weight is 212 g/mol. The van der Waals surface area contributed by atoms with Crippen LogP contribution in [0.1, 0.15) is 21.5 Å². The smallest absolute Gasteiger partial charge is 0.177 e. The van der Waals surface area contributed by atoms with E-state index in [1.165, 1.54) is 6.07 Å². The molecule has 0 heterocycles. The van der Waals surface area contributed by atoms with Crippen LogP contribution in [0.15, 0.2) is 12.1 Å². The first-order valence-corrected chi connectivity index (χ1v) is 4.43. The van der Waals surface area contributed by atoms with E-state index >= 15 is 0 Å². The Hall–Kier alpha value is -1.40. The lowest BCUT2D eigenvalue weighted by Gasteiger charge is -2.02. The summed E-state index contributed by atoms with van der Waals surface area (Å²) in [5.74, 6) is -1.22. The van der Waals surface area contributed by atoms with Crippen LogP contribution in [0.4, 0.5) is 4.39 Å². The van der Waals surface area contributed by atoms with E-state index in [1.54, 1.807) is 13.0 Å². The molecular formula is C10H7ClFNO. The van der Waals surface area contributed by atoms with Crippen LogP contribution >= 0.6 is 11.6 Å². The zero-order valence-electron chi connectivity index (χ0n) is 7.47. The first-order valence-electron chi connectivity index (χ1n) is 3.89. The Morgan fingerprint density at radius 1 is 1.64 bits per heavy atom. The Morgan fingerprint density at radius 2 is 2.29 bits per heavy atom. The highest BCUT2D eigenvalue weighted by Crippen LogP contribution is 2.15. The molecule has 0 bridgehead atoms. The number of aryl methyl sites for hydroxylation is 1. The third kappa shape index (κ3) is 1.91. The fourth-order valence-corrected chi connectivity index (χ4v) is 1.28. The van der Waals surface area contributed by atoms with Gasteiger partial charge in [-0.2, -0.15) is 5.26 Å². The Labute approximate surface area is 85.9 Å². The van der Waals surface area contributed by atoms with Crippen LogP contribution in [0.5, 0.6) is 0 Å². The topological polar surface area (TPSA) is 40.9 Å². The van der Waals surface area contributed by atoms with Gasteiger partial charge in [-0.05, 0) is 24.6 Å². The fraction of sp³-hybridized carbons (Fsp3) is 0.200. The summed E-state index contributed by atoms with van der Waals surface area (Å²) in [6, 6.07) is 4.23. The fourth-order valence-electron chi connectivity index (χ4n) is 1.12. The number of carbonyl (C=O) groups excluding carboxylic acids is 1. The minimum Gasteiger partial charge on any atom is -0.293 e. The molecule has 1 aromatic carbocycles. The minimum atomic E-state index is -0.680.